The number of alkyl halides is 3. The van der Waals surface area contributed by atoms with Crippen LogP contribution in [0.1, 0.15) is 40.5 Å². The average molecular weight is 341 g/mol. The van der Waals surface area contributed by atoms with Crippen LogP contribution in [0.25, 0.3) is 0 Å². The number of rotatable bonds is 5. The van der Waals surface area contributed by atoms with Crippen LogP contribution >= 0.6 is 0 Å². The van der Waals surface area contributed by atoms with E-state index in [0.717, 1.165) is 11.6 Å². The number of benzene rings is 1. The van der Waals surface area contributed by atoms with Crippen molar-refractivity contribution in [1.29, 1.82) is 0 Å². The third-order valence-corrected chi connectivity index (χ3v) is 3.55. The fourth-order valence-electron chi connectivity index (χ4n) is 2.53. The molecule has 1 aromatic heterocycles. The molecule has 0 aliphatic heterocycles. The van der Waals surface area contributed by atoms with Crippen LogP contribution in [0.5, 0.6) is 0 Å². The Morgan fingerprint density at radius 2 is 1.88 bits per heavy atom. The van der Waals surface area contributed by atoms with Gasteiger partial charge in [0, 0.05) is 7.11 Å². The van der Waals surface area contributed by atoms with Gasteiger partial charge < -0.3 is 14.5 Å². The lowest BCUT2D eigenvalue weighted by molar-refractivity contribution is -0.153. The van der Waals surface area contributed by atoms with Crippen molar-refractivity contribution < 1.29 is 27.1 Å². The molecule has 0 spiro atoms. The van der Waals surface area contributed by atoms with Crippen LogP contribution in [0.2, 0.25) is 0 Å². The minimum atomic E-state index is -4.73. The molecule has 0 saturated heterocycles. The van der Waals surface area contributed by atoms with Crippen LogP contribution in [0.3, 0.4) is 0 Å². The summed E-state index contributed by atoms with van der Waals surface area (Å²) in [7, 11) is 1.48. The monoisotopic (exact) mass is 341 g/mol. The first-order valence-electron chi connectivity index (χ1n) is 7.30. The Bertz CT molecular complexity index is 695. The number of carbonyl (C=O) groups excluding carboxylic acids is 1. The van der Waals surface area contributed by atoms with Crippen LogP contribution < -0.4 is 5.32 Å². The van der Waals surface area contributed by atoms with Gasteiger partial charge in [-0.05, 0) is 25.5 Å². The van der Waals surface area contributed by atoms with Gasteiger partial charge in [-0.2, -0.15) is 13.2 Å². The van der Waals surface area contributed by atoms with E-state index in [1.54, 1.807) is 6.92 Å². The van der Waals surface area contributed by atoms with Crippen molar-refractivity contribution in [1.82, 2.24) is 5.32 Å². The Balaban J connectivity index is 2.20. The molecule has 2 atom stereocenters. The summed E-state index contributed by atoms with van der Waals surface area (Å²) in [6.07, 6.45) is -5.22. The largest absolute Gasteiger partial charge is 0.456 e. The standard InChI is InChI=1S/C17H18F3NO3/c1-10-9-13(15(24-10)17(18,19)20)16(22)21-11(2)14(23-3)12-7-5-4-6-8-12/h4-9,11,14H,1-3H3,(H,21,22). The molecular formula is C17H18F3NO3. The molecule has 2 rings (SSSR count). The second-order valence-corrected chi connectivity index (χ2v) is 5.43. The molecule has 0 saturated carbocycles. The molecule has 2 unspecified atom stereocenters. The summed E-state index contributed by atoms with van der Waals surface area (Å²) in [5.41, 5.74) is 0.280. The summed E-state index contributed by atoms with van der Waals surface area (Å²) in [5, 5.41) is 2.55. The highest BCUT2D eigenvalue weighted by atomic mass is 19.4. The number of halogens is 3. The number of hydrogen-bond donors (Lipinski definition) is 1. The van der Waals surface area contributed by atoms with E-state index in [2.05, 4.69) is 9.73 Å². The quantitative estimate of drug-likeness (QED) is 0.890. The summed E-state index contributed by atoms with van der Waals surface area (Å²) in [5.74, 6) is -2.13. The fraction of sp³-hybridized carbons (Fsp3) is 0.353. The third-order valence-electron chi connectivity index (χ3n) is 3.55. The predicted octanol–water partition coefficient (Wildman–Crippen LogP) is 4.11. The summed E-state index contributed by atoms with van der Waals surface area (Å²) in [6.45, 7) is 3.02. The van der Waals surface area contributed by atoms with Crippen molar-refractivity contribution in [2.24, 2.45) is 0 Å². The van der Waals surface area contributed by atoms with Crippen molar-refractivity contribution in [2.75, 3.05) is 7.11 Å². The number of furan rings is 1. The van der Waals surface area contributed by atoms with E-state index in [0.29, 0.717) is 0 Å². The van der Waals surface area contributed by atoms with E-state index < -0.39 is 35.6 Å². The minimum absolute atomic E-state index is 0.0199. The molecule has 0 radical (unpaired) electrons. The molecule has 0 fully saturated rings. The Labute approximate surface area is 137 Å². The highest BCUT2D eigenvalue weighted by molar-refractivity contribution is 5.95. The number of aryl methyl sites for hydroxylation is 1. The zero-order valence-corrected chi connectivity index (χ0v) is 13.5. The molecule has 0 aliphatic carbocycles. The van der Waals surface area contributed by atoms with Gasteiger partial charge in [0.05, 0.1) is 11.6 Å². The normalized spacial score (nSPS) is 14.2. The van der Waals surface area contributed by atoms with Crippen LogP contribution in [-0.4, -0.2) is 19.1 Å². The summed E-state index contributed by atoms with van der Waals surface area (Å²) < 4.78 is 48.9. The third kappa shape index (κ3) is 3.97. The van der Waals surface area contributed by atoms with Gasteiger partial charge in [-0.15, -0.1) is 0 Å². The molecule has 0 aliphatic rings. The highest BCUT2D eigenvalue weighted by Gasteiger charge is 2.40. The topological polar surface area (TPSA) is 51.5 Å². The number of hydrogen-bond acceptors (Lipinski definition) is 3. The number of methoxy groups -OCH3 is 1. The summed E-state index contributed by atoms with van der Waals surface area (Å²) in [4.78, 5) is 12.3. The second-order valence-electron chi connectivity index (χ2n) is 5.43. The van der Waals surface area contributed by atoms with Gasteiger partial charge in [0.25, 0.3) is 5.91 Å². The van der Waals surface area contributed by atoms with Gasteiger partial charge in [-0.25, -0.2) is 0 Å². The van der Waals surface area contributed by atoms with Crippen LogP contribution in [0, 0.1) is 6.92 Å². The van der Waals surface area contributed by atoms with Crippen LogP contribution in [0.4, 0.5) is 13.2 Å². The van der Waals surface area contributed by atoms with Gasteiger partial charge in [0.1, 0.15) is 11.9 Å². The van der Waals surface area contributed by atoms with Crippen molar-refractivity contribution in [2.45, 2.75) is 32.2 Å². The molecule has 0 bridgehead atoms. The Hall–Kier alpha value is -2.28. The molecule has 2 aromatic rings. The maximum Gasteiger partial charge on any atom is 0.450 e. The maximum absolute atomic E-state index is 13.0. The van der Waals surface area contributed by atoms with Crippen LogP contribution in [0.15, 0.2) is 40.8 Å². The van der Waals surface area contributed by atoms with E-state index in [1.165, 1.54) is 14.0 Å². The lowest BCUT2D eigenvalue weighted by Crippen LogP contribution is -2.38. The molecule has 1 N–H and O–H groups in total. The summed E-state index contributed by atoms with van der Waals surface area (Å²) >= 11 is 0. The first-order chi connectivity index (χ1) is 11.2. The lowest BCUT2D eigenvalue weighted by Gasteiger charge is -2.24. The number of amides is 1. The predicted molar refractivity (Wildman–Crippen MR) is 81.6 cm³/mol. The highest BCUT2D eigenvalue weighted by Crippen LogP contribution is 2.34. The zero-order chi connectivity index (χ0) is 17.9. The van der Waals surface area contributed by atoms with Gasteiger partial charge in [0.15, 0.2) is 0 Å². The molecule has 24 heavy (non-hydrogen) atoms. The van der Waals surface area contributed by atoms with E-state index in [1.807, 2.05) is 30.3 Å². The van der Waals surface area contributed by atoms with Gasteiger partial charge >= 0.3 is 6.18 Å². The lowest BCUT2D eigenvalue weighted by atomic mass is 10.0. The first-order valence-corrected chi connectivity index (χ1v) is 7.30. The van der Waals surface area contributed by atoms with Crippen molar-refractivity contribution in [3.63, 3.8) is 0 Å². The SMILES string of the molecule is COC(c1ccccc1)C(C)NC(=O)c1cc(C)oc1C(F)(F)F. The number of nitrogens with one attached hydrogen (secondary N) is 1. The Morgan fingerprint density at radius 1 is 1.25 bits per heavy atom. The van der Waals surface area contributed by atoms with Crippen molar-refractivity contribution in [3.05, 3.63) is 59.0 Å². The van der Waals surface area contributed by atoms with E-state index in [-0.39, 0.29) is 5.76 Å². The van der Waals surface area contributed by atoms with Crippen LogP contribution in [-0.2, 0) is 10.9 Å². The van der Waals surface area contributed by atoms with E-state index >= 15 is 0 Å². The molecular weight excluding hydrogens is 323 g/mol. The van der Waals surface area contributed by atoms with E-state index in [4.69, 9.17) is 4.74 Å². The molecule has 4 nitrogen and oxygen atoms in total. The average Bonchev–Trinajstić information content (AvgIpc) is 2.91. The van der Waals surface area contributed by atoms with E-state index in [9.17, 15) is 18.0 Å². The second kappa shape index (κ2) is 7.09. The Morgan fingerprint density at radius 3 is 2.42 bits per heavy atom. The van der Waals surface area contributed by atoms with Gasteiger partial charge in [-0.3, -0.25) is 4.79 Å². The zero-order valence-electron chi connectivity index (χ0n) is 13.5. The minimum Gasteiger partial charge on any atom is -0.456 e. The van der Waals surface area contributed by atoms with Crippen molar-refractivity contribution >= 4 is 5.91 Å². The van der Waals surface area contributed by atoms with Crippen molar-refractivity contribution in [3.8, 4) is 0 Å². The fourth-order valence-corrected chi connectivity index (χ4v) is 2.53. The molecule has 1 heterocycles. The molecule has 1 aromatic carbocycles. The number of carbonyl (C=O) groups is 1. The van der Waals surface area contributed by atoms with Gasteiger partial charge in [-0.1, -0.05) is 30.3 Å². The summed E-state index contributed by atoms with van der Waals surface area (Å²) in [6, 6.07) is 9.65. The molecule has 130 valence electrons. The smallest absolute Gasteiger partial charge is 0.450 e. The first kappa shape index (κ1) is 18.1. The molecule has 1 amide bonds. The number of ether oxygens (including phenoxy) is 1. The van der Waals surface area contributed by atoms with Gasteiger partial charge in [0.2, 0.25) is 5.76 Å². The maximum atomic E-state index is 13.0. The molecule has 7 heteroatoms. The Kier molecular flexibility index (Phi) is 5.33.